The van der Waals surface area contributed by atoms with Crippen molar-refractivity contribution in [3.8, 4) is 0 Å². The highest BCUT2D eigenvalue weighted by molar-refractivity contribution is 6.49. The maximum Gasteiger partial charge on any atom is 0.233 e. The van der Waals surface area contributed by atoms with E-state index in [0.29, 0.717) is 11.1 Å². The third kappa shape index (κ3) is 17.8. The minimum Gasteiger partial charge on any atom is -0.309 e. The zero-order valence-corrected chi connectivity index (χ0v) is 24.1. The number of unbranched alkanes of at least 4 members (excludes halogenated alkanes) is 15. The van der Waals surface area contributed by atoms with Crippen LogP contribution in [0, 0.1) is 0 Å². The van der Waals surface area contributed by atoms with Gasteiger partial charge in [-0.1, -0.05) is 164 Å². The second-order valence-electron chi connectivity index (χ2n) is 10.5. The molecule has 2 aromatic carbocycles. The number of carbonyl (C=O) groups is 2. The average Bonchev–Trinajstić information content (AvgIpc) is 2.93. The van der Waals surface area contributed by atoms with Crippen molar-refractivity contribution in [1.29, 1.82) is 0 Å². The number of benzene rings is 2. The monoisotopic (exact) mass is 507 g/mol. The topological polar surface area (TPSA) is 37.4 Å². The zero-order chi connectivity index (χ0) is 27.0. The Balaban J connectivity index is 0.000000381. The fourth-order valence-corrected chi connectivity index (χ4v) is 4.42. The summed E-state index contributed by atoms with van der Waals surface area (Å²) in [5.74, 6) is -0.932. The molecule has 0 aliphatic carbocycles. The van der Waals surface area contributed by atoms with Gasteiger partial charge in [0.25, 0.3) is 0 Å². The van der Waals surface area contributed by atoms with E-state index in [1.54, 1.807) is 48.5 Å². The molecule has 206 valence electrons. The molecule has 0 unspecified atom stereocenters. The Morgan fingerprint density at radius 1 is 0.486 bits per heavy atom. The van der Waals surface area contributed by atoms with E-state index in [2.05, 4.69) is 25.9 Å². The molecule has 0 amide bonds. The number of Topliss-reactive ketones (excluding diaryl/α,β-unsaturated/α-hetero) is 2. The minimum atomic E-state index is -0.466. The lowest BCUT2D eigenvalue weighted by molar-refractivity contribution is 0.0817. The van der Waals surface area contributed by atoms with Gasteiger partial charge in [-0.3, -0.25) is 9.59 Å². The number of carbonyl (C=O) groups excluding carboxylic acids is 2. The van der Waals surface area contributed by atoms with E-state index in [-0.39, 0.29) is 0 Å². The quantitative estimate of drug-likeness (QED) is 0.102. The Labute approximate surface area is 228 Å². The molecule has 0 aromatic heterocycles. The SMILES string of the molecule is CCCCCCCCCCCCCCCCCCN(C)C.O=C(C(=O)c1ccccc1)c1ccccc1. The van der Waals surface area contributed by atoms with Crippen molar-refractivity contribution in [2.24, 2.45) is 0 Å². The van der Waals surface area contributed by atoms with Crippen molar-refractivity contribution in [2.75, 3.05) is 20.6 Å². The van der Waals surface area contributed by atoms with E-state index in [9.17, 15) is 9.59 Å². The van der Waals surface area contributed by atoms with Crippen molar-refractivity contribution in [3.05, 3.63) is 71.8 Å². The fourth-order valence-electron chi connectivity index (χ4n) is 4.42. The third-order valence-corrected chi connectivity index (χ3v) is 6.74. The summed E-state index contributed by atoms with van der Waals surface area (Å²) in [7, 11) is 4.34. The summed E-state index contributed by atoms with van der Waals surface area (Å²) >= 11 is 0. The summed E-state index contributed by atoms with van der Waals surface area (Å²) in [5.41, 5.74) is 0.854. The molecule has 0 saturated heterocycles. The molecular weight excluding hydrogens is 454 g/mol. The van der Waals surface area contributed by atoms with Crippen LogP contribution in [0.5, 0.6) is 0 Å². The predicted molar refractivity (Wildman–Crippen MR) is 160 cm³/mol. The third-order valence-electron chi connectivity index (χ3n) is 6.74. The number of nitrogens with zero attached hydrogens (tertiary/aromatic N) is 1. The van der Waals surface area contributed by atoms with Crippen LogP contribution in [0.1, 0.15) is 130 Å². The molecule has 0 atom stereocenters. The molecule has 0 spiro atoms. The van der Waals surface area contributed by atoms with Crippen molar-refractivity contribution in [3.63, 3.8) is 0 Å². The Bertz CT molecular complexity index is 752. The lowest BCUT2D eigenvalue weighted by atomic mass is 10.0. The molecule has 37 heavy (non-hydrogen) atoms. The molecule has 3 nitrogen and oxygen atoms in total. The summed E-state index contributed by atoms with van der Waals surface area (Å²) in [4.78, 5) is 25.9. The maximum atomic E-state index is 11.8. The van der Waals surface area contributed by atoms with Gasteiger partial charge in [-0.25, -0.2) is 0 Å². The molecule has 0 radical (unpaired) electrons. The number of hydrogen-bond donors (Lipinski definition) is 0. The zero-order valence-electron chi connectivity index (χ0n) is 24.1. The number of ketones is 2. The smallest absolute Gasteiger partial charge is 0.233 e. The summed E-state index contributed by atoms with van der Waals surface area (Å²) in [5, 5.41) is 0. The predicted octanol–water partition coefficient (Wildman–Crippen LogP) is 9.56. The first-order chi connectivity index (χ1) is 18.1. The van der Waals surface area contributed by atoms with Crippen molar-refractivity contribution in [2.45, 2.75) is 110 Å². The van der Waals surface area contributed by atoms with E-state index >= 15 is 0 Å². The summed E-state index contributed by atoms with van der Waals surface area (Å²) < 4.78 is 0. The van der Waals surface area contributed by atoms with Crippen LogP contribution in [0.2, 0.25) is 0 Å². The molecule has 0 fully saturated rings. The highest BCUT2D eigenvalue weighted by Gasteiger charge is 2.17. The molecule has 0 saturated carbocycles. The van der Waals surface area contributed by atoms with Crippen LogP contribution in [-0.2, 0) is 0 Å². The van der Waals surface area contributed by atoms with E-state index < -0.39 is 11.6 Å². The van der Waals surface area contributed by atoms with Crippen LogP contribution in [0.15, 0.2) is 60.7 Å². The first-order valence-electron chi connectivity index (χ1n) is 14.9. The molecule has 0 bridgehead atoms. The van der Waals surface area contributed by atoms with Gasteiger partial charge in [-0.2, -0.15) is 0 Å². The van der Waals surface area contributed by atoms with E-state index in [0.717, 1.165) is 0 Å². The Morgan fingerprint density at radius 2 is 0.784 bits per heavy atom. The Morgan fingerprint density at radius 3 is 1.08 bits per heavy atom. The van der Waals surface area contributed by atoms with Crippen LogP contribution in [0.3, 0.4) is 0 Å². The van der Waals surface area contributed by atoms with Gasteiger partial charge in [0.15, 0.2) is 0 Å². The van der Waals surface area contributed by atoms with Gasteiger partial charge < -0.3 is 4.90 Å². The van der Waals surface area contributed by atoms with Crippen LogP contribution in [0.25, 0.3) is 0 Å². The number of hydrogen-bond acceptors (Lipinski definition) is 3. The van der Waals surface area contributed by atoms with Crippen LogP contribution in [-0.4, -0.2) is 37.1 Å². The first-order valence-corrected chi connectivity index (χ1v) is 14.9. The van der Waals surface area contributed by atoms with Crippen molar-refractivity contribution in [1.82, 2.24) is 4.90 Å². The fraction of sp³-hybridized carbons (Fsp3) is 0.588. The van der Waals surface area contributed by atoms with E-state index in [4.69, 9.17) is 0 Å². The standard InChI is InChI=1S/C20H43N.C14H10O2/c1-4-5-6-7-8-9-10-11-12-13-14-15-16-17-18-19-20-21(2)3;15-13(11-7-3-1-4-8-11)14(16)12-9-5-2-6-10-12/h4-20H2,1-3H3;1-10H. The van der Waals surface area contributed by atoms with E-state index in [1.807, 2.05) is 12.1 Å². The lowest BCUT2D eigenvalue weighted by Gasteiger charge is -2.08. The van der Waals surface area contributed by atoms with Gasteiger partial charge in [0.2, 0.25) is 11.6 Å². The molecule has 3 heteroatoms. The second kappa shape index (κ2) is 22.9. The summed E-state index contributed by atoms with van der Waals surface area (Å²) in [6.45, 7) is 3.56. The van der Waals surface area contributed by atoms with E-state index in [1.165, 1.54) is 109 Å². The first kappa shape index (κ1) is 32.8. The minimum absolute atomic E-state index is 0.427. The molecule has 0 aliphatic rings. The number of rotatable bonds is 20. The van der Waals surface area contributed by atoms with Gasteiger partial charge in [0.05, 0.1) is 0 Å². The van der Waals surface area contributed by atoms with Crippen molar-refractivity contribution < 1.29 is 9.59 Å². The molecule has 2 aromatic rings. The van der Waals surface area contributed by atoms with Crippen LogP contribution in [0.4, 0.5) is 0 Å². The Kier molecular flexibility index (Phi) is 20.3. The van der Waals surface area contributed by atoms with Crippen molar-refractivity contribution >= 4 is 11.6 Å². The molecule has 2 rings (SSSR count). The van der Waals surface area contributed by atoms with Gasteiger partial charge in [-0.05, 0) is 27.1 Å². The van der Waals surface area contributed by atoms with Gasteiger partial charge in [-0.15, -0.1) is 0 Å². The van der Waals surface area contributed by atoms with Gasteiger partial charge >= 0.3 is 0 Å². The maximum absolute atomic E-state index is 11.8. The summed E-state index contributed by atoms with van der Waals surface area (Å²) in [6.07, 6.45) is 23.3. The summed E-state index contributed by atoms with van der Waals surface area (Å²) in [6, 6.07) is 17.2. The van der Waals surface area contributed by atoms with Crippen LogP contribution < -0.4 is 0 Å². The van der Waals surface area contributed by atoms with Gasteiger partial charge in [0.1, 0.15) is 0 Å². The lowest BCUT2D eigenvalue weighted by Crippen LogP contribution is -2.14. The highest BCUT2D eigenvalue weighted by Crippen LogP contribution is 2.13. The molecular formula is C34H53NO2. The van der Waals surface area contributed by atoms with Crippen LogP contribution >= 0.6 is 0 Å². The van der Waals surface area contributed by atoms with Gasteiger partial charge in [0, 0.05) is 11.1 Å². The second-order valence-corrected chi connectivity index (χ2v) is 10.5. The largest absolute Gasteiger partial charge is 0.309 e. The molecule has 0 aliphatic heterocycles. The normalized spacial score (nSPS) is 10.7. The Hall–Kier alpha value is -2.26. The highest BCUT2D eigenvalue weighted by atomic mass is 16.2. The molecule has 0 heterocycles. The average molecular weight is 508 g/mol. The molecule has 0 N–H and O–H groups in total.